The Balaban J connectivity index is 1.79. The van der Waals surface area contributed by atoms with Crippen molar-refractivity contribution in [2.45, 2.75) is 17.7 Å². The second kappa shape index (κ2) is 9.15. The van der Waals surface area contributed by atoms with Crippen LogP contribution in [-0.2, 0) is 9.53 Å². The van der Waals surface area contributed by atoms with Crippen LogP contribution in [0, 0.1) is 5.41 Å². The fraction of sp³-hybridized carbons (Fsp3) is 0.588. The highest BCUT2D eigenvalue weighted by molar-refractivity contribution is 8.00. The Morgan fingerprint density at radius 1 is 1.35 bits per heavy atom. The highest BCUT2D eigenvalue weighted by Gasteiger charge is 2.32. The number of benzene rings is 1. The zero-order chi connectivity index (χ0) is 16.5. The average molecular weight is 338 g/mol. The number of hydrogen-bond acceptors (Lipinski definition) is 5. The van der Waals surface area contributed by atoms with Crippen LogP contribution < -0.4 is 15.4 Å². The number of rotatable bonds is 8. The highest BCUT2D eigenvalue weighted by atomic mass is 32.2. The summed E-state index contributed by atoms with van der Waals surface area (Å²) >= 11 is 1.52. The largest absolute Gasteiger partial charge is 0.497 e. The molecular formula is C17H26N2O3S. The molecule has 0 bridgehead atoms. The molecule has 0 spiro atoms. The molecule has 23 heavy (non-hydrogen) atoms. The molecule has 6 heteroatoms. The molecule has 5 nitrogen and oxygen atoms in total. The molecule has 1 aromatic carbocycles. The molecule has 1 aliphatic rings. The number of hydrogen-bond donors (Lipinski definition) is 2. The molecule has 1 saturated heterocycles. The first-order valence-electron chi connectivity index (χ1n) is 7.91. The smallest absolute Gasteiger partial charge is 0.230 e. The second-order valence-electron chi connectivity index (χ2n) is 5.93. The summed E-state index contributed by atoms with van der Waals surface area (Å²) in [6.45, 7) is 3.34. The van der Waals surface area contributed by atoms with E-state index in [2.05, 4.69) is 10.6 Å². The molecule has 0 saturated carbocycles. The van der Waals surface area contributed by atoms with Crippen molar-refractivity contribution in [3.8, 4) is 5.75 Å². The van der Waals surface area contributed by atoms with Crippen molar-refractivity contribution in [1.82, 2.24) is 10.6 Å². The van der Waals surface area contributed by atoms with Crippen molar-refractivity contribution in [3.63, 3.8) is 0 Å². The summed E-state index contributed by atoms with van der Waals surface area (Å²) in [4.78, 5) is 13.2. The van der Waals surface area contributed by atoms with E-state index in [1.54, 1.807) is 14.2 Å². The monoisotopic (exact) mass is 338 g/mol. The zero-order valence-corrected chi connectivity index (χ0v) is 14.7. The van der Waals surface area contributed by atoms with Gasteiger partial charge in [0.25, 0.3) is 0 Å². The molecule has 1 heterocycles. The number of piperidine rings is 1. The molecule has 0 unspecified atom stereocenters. The normalized spacial score (nSPS) is 16.8. The van der Waals surface area contributed by atoms with Crippen LogP contribution in [0.4, 0.5) is 0 Å². The Hall–Kier alpha value is -1.24. The third-order valence-electron chi connectivity index (χ3n) is 4.19. The molecule has 0 aliphatic carbocycles. The summed E-state index contributed by atoms with van der Waals surface area (Å²) in [6, 6.07) is 7.76. The van der Waals surface area contributed by atoms with Gasteiger partial charge in [-0.25, -0.2) is 0 Å². The third kappa shape index (κ3) is 5.71. The number of methoxy groups -OCH3 is 2. The molecule has 1 fully saturated rings. The van der Waals surface area contributed by atoms with Gasteiger partial charge < -0.3 is 20.1 Å². The second-order valence-corrected chi connectivity index (χ2v) is 6.98. The number of ether oxygens (including phenoxy) is 2. The lowest BCUT2D eigenvalue weighted by atomic mass is 9.79. The van der Waals surface area contributed by atoms with Gasteiger partial charge in [0.2, 0.25) is 5.91 Å². The highest BCUT2D eigenvalue weighted by Crippen LogP contribution is 2.28. The van der Waals surface area contributed by atoms with Crippen LogP contribution in [0.1, 0.15) is 12.8 Å². The number of carbonyl (C=O) groups is 1. The molecule has 2 N–H and O–H groups in total. The summed E-state index contributed by atoms with van der Waals surface area (Å²) in [5.41, 5.74) is 0.0658. The van der Waals surface area contributed by atoms with Gasteiger partial charge in [-0.05, 0) is 44.1 Å². The van der Waals surface area contributed by atoms with Crippen LogP contribution in [0.2, 0.25) is 0 Å². The van der Waals surface area contributed by atoms with Gasteiger partial charge in [0.15, 0.2) is 0 Å². The summed E-state index contributed by atoms with van der Waals surface area (Å²) < 4.78 is 10.6. The van der Waals surface area contributed by atoms with E-state index in [9.17, 15) is 4.79 Å². The maximum atomic E-state index is 12.1. The van der Waals surface area contributed by atoms with E-state index in [0.29, 0.717) is 18.9 Å². The van der Waals surface area contributed by atoms with Crippen molar-refractivity contribution >= 4 is 17.7 Å². The van der Waals surface area contributed by atoms with Crippen molar-refractivity contribution in [2.75, 3.05) is 46.2 Å². The Morgan fingerprint density at radius 3 is 2.83 bits per heavy atom. The fourth-order valence-corrected chi connectivity index (χ4v) is 3.59. The average Bonchev–Trinajstić information content (AvgIpc) is 2.59. The lowest BCUT2D eigenvalue weighted by Crippen LogP contribution is -2.47. The minimum Gasteiger partial charge on any atom is -0.497 e. The number of nitrogens with one attached hydrogen (secondary N) is 2. The van der Waals surface area contributed by atoms with Crippen LogP contribution in [0.25, 0.3) is 0 Å². The predicted molar refractivity (Wildman–Crippen MR) is 93.1 cm³/mol. The van der Waals surface area contributed by atoms with Crippen LogP contribution in [0.15, 0.2) is 29.2 Å². The Bertz CT molecular complexity index is 499. The third-order valence-corrected chi connectivity index (χ3v) is 5.18. The molecule has 0 radical (unpaired) electrons. The minimum absolute atomic E-state index is 0.0619. The first-order chi connectivity index (χ1) is 11.2. The molecule has 0 aromatic heterocycles. The first kappa shape index (κ1) is 18.1. The van der Waals surface area contributed by atoms with E-state index in [0.717, 1.165) is 36.6 Å². The van der Waals surface area contributed by atoms with Gasteiger partial charge in [-0.1, -0.05) is 6.07 Å². The van der Waals surface area contributed by atoms with Gasteiger partial charge >= 0.3 is 0 Å². The Morgan fingerprint density at radius 2 is 2.13 bits per heavy atom. The SMILES string of the molecule is COCC1(CNC(=O)CSc2cccc(OC)c2)CCNCC1. The lowest BCUT2D eigenvalue weighted by molar-refractivity contribution is -0.119. The minimum atomic E-state index is 0.0619. The lowest BCUT2D eigenvalue weighted by Gasteiger charge is -2.37. The molecule has 1 aromatic rings. The van der Waals surface area contributed by atoms with Gasteiger partial charge in [0.1, 0.15) is 5.75 Å². The predicted octanol–water partition coefficient (Wildman–Crippen LogP) is 1.92. The summed E-state index contributed by atoms with van der Waals surface area (Å²) in [5, 5.41) is 6.44. The van der Waals surface area contributed by atoms with Crippen molar-refractivity contribution in [1.29, 1.82) is 0 Å². The standard InChI is InChI=1S/C17H26N2O3S/c1-21-13-17(6-8-18-9-7-17)12-19-16(20)11-23-15-5-3-4-14(10-15)22-2/h3-5,10,18H,6-9,11-13H2,1-2H3,(H,19,20). The maximum Gasteiger partial charge on any atom is 0.230 e. The van der Waals surface area contributed by atoms with Gasteiger partial charge in [-0.15, -0.1) is 11.8 Å². The molecule has 2 rings (SSSR count). The zero-order valence-electron chi connectivity index (χ0n) is 13.9. The van der Waals surface area contributed by atoms with Crippen molar-refractivity contribution in [2.24, 2.45) is 5.41 Å². The summed E-state index contributed by atoms with van der Waals surface area (Å²) in [6.07, 6.45) is 2.06. The maximum absolute atomic E-state index is 12.1. The van der Waals surface area contributed by atoms with Crippen molar-refractivity contribution in [3.05, 3.63) is 24.3 Å². The Kier molecular flexibility index (Phi) is 7.20. The van der Waals surface area contributed by atoms with E-state index in [4.69, 9.17) is 9.47 Å². The number of amides is 1. The first-order valence-corrected chi connectivity index (χ1v) is 8.89. The van der Waals surface area contributed by atoms with Crippen molar-refractivity contribution < 1.29 is 14.3 Å². The van der Waals surface area contributed by atoms with E-state index in [1.807, 2.05) is 24.3 Å². The van der Waals surface area contributed by atoms with Crippen LogP contribution >= 0.6 is 11.8 Å². The molecule has 0 atom stereocenters. The summed E-state index contributed by atoms with van der Waals surface area (Å²) in [5.74, 6) is 1.28. The quantitative estimate of drug-likeness (QED) is 0.709. The topological polar surface area (TPSA) is 59.6 Å². The molecular weight excluding hydrogens is 312 g/mol. The molecule has 1 amide bonds. The fourth-order valence-electron chi connectivity index (χ4n) is 2.81. The van der Waals surface area contributed by atoms with Gasteiger partial charge in [0.05, 0.1) is 19.5 Å². The van der Waals surface area contributed by atoms with Gasteiger partial charge in [-0.3, -0.25) is 4.79 Å². The van der Waals surface area contributed by atoms with Gasteiger partial charge in [0, 0.05) is 24.0 Å². The van der Waals surface area contributed by atoms with Crippen LogP contribution in [-0.4, -0.2) is 52.1 Å². The molecule has 1 aliphatic heterocycles. The van der Waals surface area contributed by atoms with Gasteiger partial charge in [-0.2, -0.15) is 0 Å². The van der Waals surface area contributed by atoms with E-state index < -0.39 is 0 Å². The van der Waals surface area contributed by atoms with Crippen LogP contribution in [0.5, 0.6) is 5.75 Å². The van der Waals surface area contributed by atoms with E-state index in [-0.39, 0.29) is 11.3 Å². The van der Waals surface area contributed by atoms with E-state index >= 15 is 0 Å². The summed E-state index contributed by atoms with van der Waals surface area (Å²) in [7, 11) is 3.37. The Labute approximate surface area is 142 Å². The molecule has 128 valence electrons. The van der Waals surface area contributed by atoms with E-state index in [1.165, 1.54) is 11.8 Å². The number of thioether (sulfide) groups is 1. The number of carbonyl (C=O) groups excluding carboxylic acids is 1. The van der Waals surface area contributed by atoms with Crippen LogP contribution in [0.3, 0.4) is 0 Å².